The Morgan fingerprint density at radius 2 is 1.82 bits per heavy atom. The third-order valence-electron chi connectivity index (χ3n) is 5.30. The molecular formula is C23H26BrNO3. The van der Waals surface area contributed by atoms with Crippen molar-refractivity contribution in [1.82, 2.24) is 4.57 Å². The van der Waals surface area contributed by atoms with Crippen molar-refractivity contribution in [2.45, 2.75) is 25.5 Å². The Morgan fingerprint density at radius 1 is 1.04 bits per heavy atom. The highest BCUT2D eigenvalue weighted by Gasteiger charge is 2.21. The number of fused-ring (bicyclic) bond motifs is 1. The van der Waals surface area contributed by atoms with E-state index in [2.05, 4.69) is 69.0 Å². The molecule has 0 saturated carbocycles. The van der Waals surface area contributed by atoms with Gasteiger partial charge in [-0.3, -0.25) is 0 Å². The second-order valence-corrected chi connectivity index (χ2v) is 8.10. The molecule has 0 amide bonds. The summed E-state index contributed by atoms with van der Waals surface area (Å²) in [6.07, 6.45) is 2.10. The topological polar surface area (TPSA) is 32.6 Å². The molecule has 0 bridgehead atoms. The Bertz CT molecular complexity index is 913. The normalized spacial score (nSPS) is 15.4. The van der Waals surface area contributed by atoms with Crippen molar-refractivity contribution in [3.05, 3.63) is 58.6 Å². The van der Waals surface area contributed by atoms with Crippen LogP contribution in [-0.4, -0.2) is 38.1 Å². The number of benzene rings is 2. The van der Waals surface area contributed by atoms with Crippen molar-refractivity contribution in [3.63, 3.8) is 0 Å². The molecular weight excluding hydrogens is 418 g/mol. The van der Waals surface area contributed by atoms with E-state index >= 15 is 0 Å². The summed E-state index contributed by atoms with van der Waals surface area (Å²) in [5.41, 5.74) is 4.98. The van der Waals surface area contributed by atoms with Crippen molar-refractivity contribution in [3.8, 4) is 11.3 Å². The summed E-state index contributed by atoms with van der Waals surface area (Å²) >= 11 is 3.55. The standard InChI is InChI=1S/C23H26BrNO3/c1-26-12-13-28-16-17-2-7-22-19(14-17)15-23(18-3-5-20(24)6-4-18)25(22)21-8-10-27-11-9-21/h2-7,14-15,21H,8-13,16H2,1H3. The first-order valence-corrected chi connectivity index (χ1v) is 10.6. The second-order valence-electron chi connectivity index (χ2n) is 7.19. The maximum Gasteiger partial charge on any atom is 0.0718 e. The number of hydrogen-bond donors (Lipinski definition) is 0. The summed E-state index contributed by atoms with van der Waals surface area (Å²) in [6, 6.07) is 18.0. The summed E-state index contributed by atoms with van der Waals surface area (Å²) in [6.45, 7) is 3.50. The minimum absolute atomic E-state index is 0.466. The predicted octanol–water partition coefficient (Wildman–Crippen LogP) is 5.59. The summed E-state index contributed by atoms with van der Waals surface area (Å²) < 4.78 is 20.0. The monoisotopic (exact) mass is 443 g/mol. The third-order valence-corrected chi connectivity index (χ3v) is 5.83. The molecule has 28 heavy (non-hydrogen) atoms. The van der Waals surface area contributed by atoms with E-state index in [1.807, 2.05) is 0 Å². The zero-order valence-electron chi connectivity index (χ0n) is 16.2. The van der Waals surface area contributed by atoms with Crippen molar-refractivity contribution in [2.75, 3.05) is 33.5 Å². The summed E-state index contributed by atoms with van der Waals surface area (Å²) in [4.78, 5) is 0. The van der Waals surface area contributed by atoms with Crippen LogP contribution in [0.25, 0.3) is 22.2 Å². The molecule has 0 unspecified atom stereocenters. The van der Waals surface area contributed by atoms with Crippen LogP contribution in [0.5, 0.6) is 0 Å². The Balaban J connectivity index is 1.71. The quantitative estimate of drug-likeness (QED) is 0.446. The number of rotatable bonds is 7. The molecule has 1 aliphatic heterocycles. The van der Waals surface area contributed by atoms with Crippen molar-refractivity contribution in [1.29, 1.82) is 0 Å². The van der Waals surface area contributed by atoms with Crippen LogP contribution in [0.4, 0.5) is 0 Å². The Hall–Kier alpha value is -1.66. The van der Waals surface area contributed by atoms with Gasteiger partial charge in [0.15, 0.2) is 0 Å². The van der Waals surface area contributed by atoms with Gasteiger partial charge in [-0.25, -0.2) is 0 Å². The zero-order valence-corrected chi connectivity index (χ0v) is 17.8. The van der Waals surface area contributed by atoms with Gasteiger partial charge in [0.1, 0.15) is 0 Å². The molecule has 0 aliphatic carbocycles. The number of nitrogens with zero attached hydrogens (tertiary/aromatic N) is 1. The van der Waals surface area contributed by atoms with E-state index in [-0.39, 0.29) is 0 Å². The Kier molecular flexibility index (Phi) is 6.47. The highest BCUT2D eigenvalue weighted by atomic mass is 79.9. The number of halogens is 1. The third kappa shape index (κ3) is 4.33. The largest absolute Gasteiger partial charge is 0.382 e. The molecule has 1 fully saturated rings. The predicted molar refractivity (Wildman–Crippen MR) is 116 cm³/mol. The number of aromatic nitrogens is 1. The van der Waals surface area contributed by atoms with Gasteiger partial charge in [-0.2, -0.15) is 0 Å². The maximum absolute atomic E-state index is 5.71. The van der Waals surface area contributed by atoms with Gasteiger partial charge in [0.05, 0.1) is 19.8 Å². The lowest BCUT2D eigenvalue weighted by Crippen LogP contribution is -2.20. The molecule has 2 aromatic carbocycles. The first kappa shape index (κ1) is 19.6. The van der Waals surface area contributed by atoms with Gasteiger partial charge in [-0.1, -0.05) is 34.1 Å². The highest BCUT2D eigenvalue weighted by Crippen LogP contribution is 2.36. The molecule has 3 aromatic rings. The van der Waals surface area contributed by atoms with Gasteiger partial charge in [0.2, 0.25) is 0 Å². The zero-order chi connectivity index (χ0) is 19.3. The lowest BCUT2D eigenvalue weighted by molar-refractivity contribution is 0.0617. The smallest absolute Gasteiger partial charge is 0.0718 e. The number of methoxy groups -OCH3 is 1. The molecule has 1 aliphatic rings. The fourth-order valence-electron chi connectivity index (χ4n) is 3.89. The lowest BCUT2D eigenvalue weighted by Gasteiger charge is -2.27. The van der Waals surface area contributed by atoms with Gasteiger partial charge in [0, 0.05) is 47.4 Å². The van der Waals surface area contributed by atoms with Gasteiger partial charge < -0.3 is 18.8 Å². The molecule has 1 saturated heterocycles. The van der Waals surface area contributed by atoms with Gasteiger partial charge in [-0.15, -0.1) is 0 Å². The van der Waals surface area contributed by atoms with E-state index in [0.717, 1.165) is 30.5 Å². The first-order valence-electron chi connectivity index (χ1n) is 9.80. The molecule has 0 N–H and O–H groups in total. The maximum atomic E-state index is 5.71. The minimum Gasteiger partial charge on any atom is -0.382 e. The Morgan fingerprint density at radius 3 is 2.57 bits per heavy atom. The fourth-order valence-corrected chi connectivity index (χ4v) is 4.15. The molecule has 1 aromatic heterocycles. The van der Waals surface area contributed by atoms with E-state index in [1.54, 1.807) is 7.11 Å². The van der Waals surface area contributed by atoms with Gasteiger partial charge in [-0.05, 0) is 54.3 Å². The fraction of sp³-hybridized carbons (Fsp3) is 0.391. The van der Waals surface area contributed by atoms with E-state index < -0.39 is 0 Å². The van der Waals surface area contributed by atoms with Crippen LogP contribution < -0.4 is 0 Å². The molecule has 4 rings (SSSR count). The summed E-state index contributed by atoms with van der Waals surface area (Å²) in [5, 5.41) is 1.26. The minimum atomic E-state index is 0.466. The average molecular weight is 444 g/mol. The van der Waals surface area contributed by atoms with Crippen LogP contribution in [0.2, 0.25) is 0 Å². The molecule has 148 valence electrons. The van der Waals surface area contributed by atoms with Crippen LogP contribution >= 0.6 is 15.9 Å². The molecule has 5 heteroatoms. The van der Waals surface area contributed by atoms with Crippen LogP contribution in [0.1, 0.15) is 24.4 Å². The van der Waals surface area contributed by atoms with Gasteiger partial charge in [0.25, 0.3) is 0 Å². The van der Waals surface area contributed by atoms with Crippen LogP contribution in [-0.2, 0) is 20.8 Å². The van der Waals surface area contributed by atoms with E-state index in [9.17, 15) is 0 Å². The van der Waals surface area contributed by atoms with E-state index in [1.165, 1.54) is 27.7 Å². The second kappa shape index (κ2) is 9.23. The summed E-state index contributed by atoms with van der Waals surface area (Å²) in [5.74, 6) is 0. The van der Waals surface area contributed by atoms with Crippen molar-refractivity contribution >= 4 is 26.8 Å². The van der Waals surface area contributed by atoms with E-state index in [0.29, 0.717) is 25.9 Å². The number of ether oxygens (including phenoxy) is 3. The molecule has 0 spiro atoms. The molecule has 0 radical (unpaired) electrons. The molecule has 0 atom stereocenters. The summed E-state index contributed by atoms with van der Waals surface area (Å²) in [7, 11) is 1.69. The van der Waals surface area contributed by atoms with Crippen LogP contribution in [0.15, 0.2) is 53.0 Å². The first-order chi connectivity index (χ1) is 13.8. The molecule has 2 heterocycles. The number of hydrogen-bond acceptors (Lipinski definition) is 3. The van der Waals surface area contributed by atoms with Crippen molar-refractivity contribution in [2.24, 2.45) is 0 Å². The highest BCUT2D eigenvalue weighted by molar-refractivity contribution is 9.10. The SMILES string of the molecule is COCCOCc1ccc2c(c1)cc(-c1ccc(Br)cc1)n2C1CCOCC1. The van der Waals surface area contributed by atoms with Gasteiger partial charge >= 0.3 is 0 Å². The van der Waals surface area contributed by atoms with Crippen LogP contribution in [0.3, 0.4) is 0 Å². The Labute approximate surface area is 174 Å². The molecule has 4 nitrogen and oxygen atoms in total. The van der Waals surface area contributed by atoms with Crippen molar-refractivity contribution < 1.29 is 14.2 Å². The van der Waals surface area contributed by atoms with E-state index in [4.69, 9.17) is 14.2 Å². The lowest BCUT2D eigenvalue weighted by atomic mass is 10.1. The van der Waals surface area contributed by atoms with Crippen LogP contribution in [0, 0.1) is 0 Å². The average Bonchev–Trinajstić information content (AvgIpc) is 3.11.